The van der Waals surface area contributed by atoms with Crippen LogP contribution < -0.4 is 26.6 Å². The fourth-order valence-electron chi connectivity index (χ4n) is 7.73. The molecule has 3 aliphatic rings. The van der Waals surface area contributed by atoms with Crippen LogP contribution in [-0.4, -0.2) is 161 Å². The molecule has 0 radical (unpaired) electrons. The predicted molar refractivity (Wildman–Crippen MR) is 250 cm³/mol. The second-order valence-electron chi connectivity index (χ2n) is 18.1. The highest BCUT2D eigenvalue weighted by Crippen LogP contribution is 2.33. The summed E-state index contributed by atoms with van der Waals surface area (Å²) < 4.78 is 46.3. The third kappa shape index (κ3) is 16.6. The Balaban J connectivity index is 1.28. The van der Waals surface area contributed by atoms with E-state index in [0.717, 1.165) is 5.56 Å². The van der Waals surface area contributed by atoms with E-state index in [4.69, 9.17) is 37.9 Å². The zero-order valence-corrected chi connectivity index (χ0v) is 39.8. The molecule has 13 atom stereocenters. The summed E-state index contributed by atoms with van der Waals surface area (Å²) in [4.78, 5) is 65.7. The Hall–Kier alpha value is -6.41. The number of amides is 5. The van der Waals surface area contributed by atoms with Crippen molar-refractivity contribution >= 4 is 30.3 Å². The summed E-state index contributed by atoms with van der Waals surface area (Å²) in [6, 6.07) is 22.6. The van der Waals surface area contributed by atoms with Gasteiger partial charge in [0.15, 0.2) is 12.6 Å². The van der Waals surface area contributed by atoms with Gasteiger partial charge in [-0.25, -0.2) is 19.2 Å². The van der Waals surface area contributed by atoms with Gasteiger partial charge >= 0.3 is 24.4 Å². The normalized spacial score (nSPS) is 27.3. The van der Waals surface area contributed by atoms with Crippen LogP contribution in [-0.2, 0) is 62.5 Å². The molecular formula is C49H63N5O18. The highest BCUT2D eigenvalue weighted by molar-refractivity contribution is 5.82. The Kier molecular flexibility index (Phi) is 20.1. The van der Waals surface area contributed by atoms with Crippen molar-refractivity contribution in [2.24, 2.45) is 0 Å². The lowest BCUT2D eigenvalue weighted by Crippen LogP contribution is -2.68. The van der Waals surface area contributed by atoms with Crippen molar-refractivity contribution in [2.45, 2.75) is 132 Å². The summed E-state index contributed by atoms with van der Waals surface area (Å²) in [6.45, 7) is 2.99. The van der Waals surface area contributed by atoms with Crippen molar-refractivity contribution in [3.05, 3.63) is 120 Å². The van der Waals surface area contributed by atoms with E-state index in [9.17, 15) is 49.5 Å². The van der Waals surface area contributed by atoms with Crippen LogP contribution in [0.2, 0.25) is 0 Å². The van der Waals surface area contributed by atoms with Gasteiger partial charge in [0, 0.05) is 0 Å². The number of benzene rings is 3. The van der Waals surface area contributed by atoms with E-state index in [-0.39, 0.29) is 32.8 Å². The molecule has 2 heterocycles. The van der Waals surface area contributed by atoms with Crippen LogP contribution >= 0.6 is 0 Å². The Morgan fingerprint density at radius 3 is 1.71 bits per heavy atom. The molecule has 1 saturated heterocycles. The largest absolute Gasteiger partial charge is 0.445 e. The number of carbonyl (C=O) groups excluding carboxylic acids is 5. The molecule has 2 aliphatic heterocycles. The lowest BCUT2D eigenvalue weighted by atomic mass is 9.83. The molecular weight excluding hydrogens is 947 g/mol. The van der Waals surface area contributed by atoms with Gasteiger partial charge in [-0.05, 0) is 43.9 Å². The van der Waals surface area contributed by atoms with Crippen LogP contribution in [0.25, 0.3) is 0 Å². The minimum absolute atomic E-state index is 0.0245. The molecule has 0 aromatic heterocycles. The van der Waals surface area contributed by atoms with Gasteiger partial charge in [-0.15, -0.1) is 0 Å². The topological polar surface area (TPSA) is 320 Å². The van der Waals surface area contributed by atoms with Crippen LogP contribution in [0.1, 0.15) is 43.9 Å². The maximum atomic E-state index is 13.7. The van der Waals surface area contributed by atoms with Gasteiger partial charge < -0.3 is 90.0 Å². The number of rotatable bonds is 19. The summed E-state index contributed by atoms with van der Waals surface area (Å²) in [5.74, 6) is -1.08. The molecule has 5 amide bonds. The molecule has 1 saturated carbocycles. The van der Waals surface area contributed by atoms with Gasteiger partial charge in [0.1, 0.15) is 74.2 Å². The second-order valence-corrected chi connectivity index (χ2v) is 18.1. The fourth-order valence-corrected chi connectivity index (χ4v) is 7.73. The molecule has 1 aliphatic carbocycles. The third-order valence-electron chi connectivity index (χ3n) is 11.3. The van der Waals surface area contributed by atoms with Gasteiger partial charge in [-0.2, -0.15) is 0 Å². The predicted octanol–water partition coefficient (Wildman–Crippen LogP) is 1.13. The molecule has 0 unspecified atom stereocenters. The Bertz CT molecular complexity index is 2240. The van der Waals surface area contributed by atoms with Gasteiger partial charge in [0.2, 0.25) is 0 Å². The summed E-state index contributed by atoms with van der Waals surface area (Å²) in [7, 11) is 0. The van der Waals surface area contributed by atoms with Crippen LogP contribution in [0.5, 0.6) is 0 Å². The summed E-state index contributed by atoms with van der Waals surface area (Å²) in [6.07, 6.45) is -17.2. The molecule has 10 N–H and O–H groups in total. The summed E-state index contributed by atoms with van der Waals surface area (Å²) in [5, 5.41) is 67.4. The van der Waals surface area contributed by atoms with Gasteiger partial charge in [-0.3, -0.25) is 4.79 Å². The Morgan fingerprint density at radius 1 is 0.625 bits per heavy atom. The van der Waals surface area contributed by atoms with Crippen molar-refractivity contribution < 1.29 is 87.4 Å². The maximum absolute atomic E-state index is 13.7. The molecule has 3 aromatic carbocycles. The Morgan fingerprint density at radius 2 is 1.17 bits per heavy atom. The number of carbonyl (C=O) groups is 5. The maximum Gasteiger partial charge on any atom is 0.408 e. The molecule has 2 fully saturated rings. The second kappa shape index (κ2) is 26.3. The van der Waals surface area contributed by atoms with E-state index < -0.39 is 129 Å². The van der Waals surface area contributed by atoms with E-state index in [0.29, 0.717) is 11.1 Å². The first-order chi connectivity index (χ1) is 34.5. The quantitative estimate of drug-likeness (QED) is 0.0594. The number of aliphatic hydroxyl groups excluding tert-OH is 5. The van der Waals surface area contributed by atoms with E-state index in [2.05, 4.69) is 26.6 Å². The molecule has 0 bridgehead atoms. The van der Waals surface area contributed by atoms with Crippen LogP contribution in [0.15, 0.2) is 103 Å². The van der Waals surface area contributed by atoms with E-state index in [1.807, 2.05) is 6.07 Å². The standard InChI is InChI=1S/C49H63N5O18/c1-49(2,3)72-46(62)51-23-35(56)42(60)52-33-21-34(54-48(64)67-27-30-17-11-6-12-18-30)40(41(37(33)57)71-44-39(59)38(58)36(24-55)69-44)70-43-32(53-47(63)66-26-29-15-9-5-10-16-29)20-19-31(68-43)22-50-45(61)65-25-28-13-7-4-8-14-28/h4-20,31-41,43-44,55-59H,21-27H2,1-3H3,(H,50,61)(H,51,62)(H,52,60)(H,53,63)(H,54,64)/t31-,32+,33+,34-,35-,36+,37-,38+,39+,40+,41+,43+,44-/m0/s1. The van der Waals surface area contributed by atoms with Crippen molar-refractivity contribution in [2.75, 3.05) is 19.7 Å². The van der Waals surface area contributed by atoms with Crippen molar-refractivity contribution in [3.63, 3.8) is 0 Å². The van der Waals surface area contributed by atoms with Gasteiger partial charge in [0.05, 0.1) is 37.9 Å². The lowest BCUT2D eigenvalue weighted by Gasteiger charge is -2.47. The molecule has 23 heteroatoms. The fraction of sp³-hybridized carbons (Fsp3) is 0.490. The molecule has 392 valence electrons. The molecule has 6 rings (SSSR count). The number of hydrogen-bond acceptors (Lipinski definition) is 18. The number of nitrogens with one attached hydrogen (secondary N) is 5. The van der Waals surface area contributed by atoms with Gasteiger partial charge in [0.25, 0.3) is 5.91 Å². The van der Waals surface area contributed by atoms with Gasteiger partial charge in [-0.1, -0.05) is 103 Å². The lowest BCUT2D eigenvalue weighted by molar-refractivity contribution is -0.282. The summed E-state index contributed by atoms with van der Waals surface area (Å²) in [5.41, 5.74) is 1.17. The first-order valence-electron chi connectivity index (χ1n) is 23.3. The molecule has 23 nitrogen and oxygen atoms in total. The van der Waals surface area contributed by atoms with Crippen molar-refractivity contribution in [1.29, 1.82) is 0 Å². The minimum atomic E-state index is -1.89. The summed E-state index contributed by atoms with van der Waals surface area (Å²) >= 11 is 0. The van der Waals surface area contributed by atoms with Crippen LogP contribution in [0, 0.1) is 0 Å². The smallest absolute Gasteiger partial charge is 0.408 e. The minimum Gasteiger partial charge on any atom is -0.445 e. The van der Waals surface area contributed by atoms with E-state index >= 15 is 0 Å². The highest BCUT2D eigenvalue weighted by atomic mass is 16.7. The van der Waals surface area contributed by atoms with E-state index in [1.54, 1.807) is 106 Å². The zero-order chi connectivity index (χ0) is 51.8. The Labute approximate surface area is 415 Å². The highest BCUT2D eigenvalue weighted by Gasteiger charge is 2.53. The number of alkyl carbamates (subject to hydrolysis) is 4. The first-order valence-corrected chi connectivity index (χ1v) is 23.3. The van der Waals surface area contributed by atoms with Crippen molar-refractivity contribution in [1.82, 2.24) is 26.6 Å². The monoisotopic (exact) mass is 1010 g/mol. The third-order valence-corrected chi connectivity index (χ3v) is 11.3. The molecule has 72 heavy (non-hydrogen) atoms. The zero-order valence-electron chi connectivity index (χ0n) is 39.8. The van der Waals surface area contributed by atoms with Crippen LogP contribution in [0.4, 0.5) is 19.2 Å². The number of hydrogen-bond donors (Lipinski definition) is 10. The average Bonchev–Trinajstić information content (AvgIpc) is 3.64. The number of aliphatic hydroxyl groups is 5. The molecule has 3 aromatic rings. The SMILES string of the molecule is CC(C)(C)OC(=O)NC[C@H](O)C(=O)N[C@@H]1C[C@H](NC(=O)OCc2ccccc2)[C@@H](O[C@H]2O[C@H](CNC(=O)OCc3ccccc3)C=C[C@H]2NC(=O)OCc2ccccc2)[C@H](O[C@@H]2O[C@H](CO)[C@@H](O)[C@H]2O)[C@H]1O. The number of ether oxygens (including phenoxy) is 8. The average molecular weight is 1010 g/mol. The molecule has 0 spiro atoms. The van der Waals surface area contributed by atoms with E-state index in [1.165, 1.54) is 12.2 Å². The van der Waals surface area contributed by atoms with Crippen LogP contribution in [0.3, 0.4) is 0 Å². The first kappa shape index (κ1) is 54.9. The van der Waals surface area contributed by atoms with Crippen molar-refractivity contribution in [3.8, 4) is 0 Å².